The van der Waals surface area contributed by atoms with E-state index in [1.54, 1.807) is 6.07 Å². The second-order valence-corrected chi connectivity index (χ2v) is 5.35. The first-order valence-electron chi connectivity index (χ1n) is 6.52. The number of amides is 1. The predicted octanol–water partition coefficient (Wildman–Crippen LogP) is 0.620. The lowest BCUT2D eigenvalue weighted by Gasteiger charge is -2.28. The SMILES string of the molecule is CN(Cc1ccoc1C(=O)NN)CC1(O)CCCC1. The van der Waals surface area contributed by atoms with Gasteiger partial charge in [-0.15, -0.1) is 0 Å². The number of hydrazine groups is 1. The van der Waals surface area contributed by atoms with Crippen LogP contribution < -0.4 is 11.3 Å². The van der Waals surface area contributed by atoms with E-state index in [1.165, 1.54) is 6.26 Å². The van der Waals surface area contributed by atoms with Gasteiger partial charge < -0.3 is 9.52 Å². The third-order valence-corrected chi connectivity index (χ3v) is 3.62. The summed E-state index contributed by atoms with van der Waals surface area (Å²) in [5.74, 6) is 4.90. The van der Waals surface area contributed by atoms with Crippen molar-refractivity contribution in [3.05, 3.63) is 23.7 Å². The van der Waals surface area contributed by atoms with Crippen LogP contribution >= 0.6 is 0 Å². The highest BCUT2D eigenvalue weighted by molar-refractivity contribution is 5.92. The molecule has 0 atom stereocenters. The Balaban J connectivity index is 1.97. The number of nitrogens with two attached hydrogens (primary N) is 1. The Labute approximate surface area is 112 Å². The molecule has 0 bridgehead atoms. The second kappa shape index (κ2) is 5.73. The van der Waals surface area contributed by atoms with Gasteiger partial charge in [0.2, 0.25) is 0 Å². The average Bonchev–Trinajstić information content (AvgIpc) is 2.97. The van der Waals surface area contributed by atoms with E-state index in [1.807, 2.05) is 11.9 Å². The number of hydrogen-bond donors (Lipinski definition) is 3. The summed E-state index contributed by atoms with van der Waals surface area (Å²) in [5, 5.41) is 10.4. The topological polar surface area (TPSA) is 91.7 Å². The summed E-state index contributed by atoms with van der Waals surface area (Å²) < 4.78 is 5.13. The van der Waals surface area contributed by atoms with Crippen molar-refractivity contribution in [2.24, 2.45) is 5.84 Å². The maximum Gasteiger partial charge on any atom is 0.301 e. The third-order valence-electron chi connectivity index (χ3n) is 3.62. The van der Waals surface area contributed by atoms with Crippen LogP contribution in [0.4, 0.5) is 0 Å². The van der Waals surface area contributed by atoms with Gasteiger partial charge in [0.15, 0.2) is 5.76 Å². The van der Waals surface area contributed by atoms with Gasteiger partial charge in [0, 0.05) is 18.7 Å². The molecular formula is C13H21N3O3. The molecule has 1 heterocycles. The minimum absolute atomic E-state index is 0.229. The van der Waals surface area contributed by atoms with Crippen LogP contribution in [-0.2, 0) is 6.54 Å². The molecule has 0 spiro atoms. The number of rotatable bonds is 5. The molecule has 0 saturated heterocycles. The lowest BCUT2D eigenvalue weighted by Crippen LogP contribution is -2.39. The lowest BCUT2D eigenvalue weighted by molar-refractivity contribution is 0.0144. The molecule has 1 aliphatic rings. The third kappa shape index (κ3) is 3.34. The van der Waals surface area contributed by atoms with Crippen LogP contribution in [0.5, 0.6) is 0 Å². The Hall–Kier alpha value is -1.37. The zero-order valence-electron chi connectivity index (χ0n) is 11.2. The fourth-order valence-corrected chi connectivity index (χ4v) is 2.77. The van der Waals surface area contributed by atoms with Gasteiger partial charge in [-0.3, -0.25) is 15.1 Å². The van der Waals surface area contributed by atoms with Crippen LogP contribution in [0, 0.1) is 0 Å². The van der Waals surface area contributed by atoms with Gasteiger partial charge in [-0.25, -0.2) is 5.84 Å². The molecule has 6 heteroatoms. The smallest absolute Gasteiger partial charge is 0.301 e. The van der Waals surface area contributed by atoms with Crippen LogP contribution in [0.15, 0.2) is 16.7 Å². The Bertz CT molecular complexity index is 438. The van der Waals surface area contributed by atoms with Gasteiger partial charge in [-0.05, 0) is 26.0 Å². The summed E-state index contributed by atoms with van der Waals surface area (Å²) in [7, 11) is 1.92. The second-order valence-electron chi connectivity index (χ2n) is 5.35. The molecule has 106 valence electrons. The molecule has 1 saturated carbocycles. The monoisotopic (exact) mass is 267 g/mol. The Kier molecular flexibility index (Phi) is 4.24. The van der Waals surface area contributed by atoms with Crippen molar-refractivity contribution >= 4 is 5.91 Å². The van der Waals surface area contributed by atoms with E-state index in [4.69, 9.17) is 10.3 Å². The lowest BCUT2D eigenvalue weighted by atomic mass is 10.0. The standard InChI is InChI=1S/C13H21N3O3/c1-16(9-13(18)5-2-3-6-13)8-10-4-7-19-11(10)12(17)15-14/h4,7,18H,2-3,5-6,8-9,14H2,1H3,(H,15,17). The molecule has 6 nitrogen and oxygen atoms in total. The van der Waals surface area contributed by atoms with E-state index in [0.717, 1.165) is 31.2 Å². The van der Waals surface area contributed by atoms with Crippen molar-refractivity contribution in [2.75, 3.05) is 13.6 Å². The normalized spacial score (nSPS) is 17.9. The predicted molar refractivity (Wildman–Crippen MR) is 70.1 cm³/mol. The van der Waals surface area contributed by atoms with Crippen molar-refractivity contribution in [2.45, 2.75) is 37.8 Å². The van der Waals surface area contributed by atoms with Gasteiger partial charge >= 0.3 is 5.91 Å². The Morgan fingerprint density at radius 2 is 2.26 bits per heavy atom. The van der Waals surface area contributed by atoms with Crippen molar-refractivity contribution in [1.29, 1.82) is 0 Å². The quantitative estimate of drug-likeness (QED) is 0.413. The number of likely N-dealkylation sites (N-methyl/N-ethyl adjacent to an activating group) is 1. The first-order valence-corrected chi connectivity index (χ1v) is 6.52. The van der Waals surface area contributed by atoms with E-state index in [9.17, 15) is 9.90 Å². The molecule has 1 aliphatic carbocycles. The molecule has 0 aliphatic heterocycles. The van der Waals surface area contributed by atoms with Crippen LogP contribution in [-0.4, -0.2) is 35.1 Å². The molecule has 4 N–H and O–H groups in total. The van der Waals surface area contributed by atoms with Gasteiger partial charge in [0.05, 0.1) is 11.9 Å². The largest absolute Gasteiger partial charge is 0.459 e. The van der Waals surface area contributed by atoms with Gasteiger partial charge in [-0.2, -0.15) is 0 Å². The zero-order chi connectivity index (χ0) is 13.9. The van der Waals surface area contributed by atoms with Crippen molar-refractivity contribution < 1.29 is 14.3 Å². The first-order chi connectivity index (χ1) is 9.04. The highest BCUT2D eigenvalue weighted by atomic mass is 16.3. The summed E-state index contributed by atoms with van der Waals surface area (Å²) in [6, 6.07) is 1.75. The molecule has 1 aromatic heterocycles. The minimum Gasteiger partial charge on any atom is -0.459 e. The highest BCUT2D eigenvalue weighted by Gasteiger charge is 2.32. The molecule has 1 amide bonds. The van der Waals surface area contributed by atoms with E-state index in [0.29, 0.717) is 13.1 Å². The maximum absolute atomic E-state index is 11.5. The Morgan fingerprint density at radius 1 is 1.58 bits per heavy atom. The minimum atomic E-state index is -0.589. The van der Waals surface area contributed by atoms with Gasteiger partial charge in [-0.1, -0.05) is 12.8 Å². The fourth-order valence-electron chi connectivity index (χ4n) is 2.77. The molecule has 0 unspecified atom stereocenters. The van der Waals surface area contributed by atoms with Crippen LogP contribution in [0.3, 0.4) is 0 Å². The number of aliphatic hydroxyl groups is 1. The number of nitrogens with one attached hydrogen (secondary N) is 1. The summed E-state index contributed by atoms with van der Waals surface area (Å²) in [6.07, 6.45) is 5.32. The fraction of sp³-hybridized carbons (Fsp3) is 0.615. The van der Waals surface area contributed by atoms with E-state index < -0.39 is 11.5 Å². The molecule has 0 radical (unpaired) electrons. The van der Waals surface area contributed by atoms with E-state index in [-0.39, 0.29) is 5.76 Å². The molecule has 1 fully saturated rings. The van der Waals surface area contributed by atoms with Crippen molar-refractivity contribution in [1.82, 2.24) is 10.3 Å². The molecule has 19 heavy (non-hydrogen) atoms. The van der Waals surface area contributed by atoms with Crippen LogP contribution in [0.1, 0.15) is 41.8 Å². The number of nitrogens with zero attached hydrogens (tertiary/aromatic N) is 1. The van der Waals surface area contributed by atoms with Crippen molar-refractivity contribution in [3.8, 4) is 0 Å². The zero-order valence-corrected chi connectivity index (χ0v) is 11.2. The number of nitrogen functional groups attached to an aromatic ring is 1. The molecule has 0 aromatic carbocycles. The van der Waals surface area contributed by atoms with Gasteiger partial charge in [0.25, 0.3) is 0 Å². The van der Waals surface area contributed by atoms with Crippen molar-refractivity contribution in [3.63, 3.8) is 0 Å². The molecule has 2 rings (SSSR count). The number of carbonyl (C=O) groups excluding carboxylic acids is 1. The van der Waals surface area contributed by atoms with E-state index in [2.05, 4.69) is 5.43 Å². The summed E-state index contributed by atoms with van der Waals surface area (Å²) >= 11 is 0. The summed E-state index contributed by atoms with van der Waals surface area (Å²) in [5.41, 5.74) is 2.24. The molecule has 1 aromatic rings. The number of hydrogen-bond acceptors (Lipinski definition) is 5. The Morgan fingerprint density at radius 3 is 2.89 bits per heavy atom. The van der Waals surface area contributed by atoms with Crippen LogP contribution in [0.2, 0.25) is 0 Å². The van der Waals surface area contributed by atoms with Gasteiger partial charge in [0.1, 0.15) is 0 Å². The average molecular weight is 267 g/mol. The number of carbonyl (C=O) groups is 1. The summed E-state index contributed by atoms with van der Waals surface area (Å²) in [6.45, 7) is 1.14. The van der Waals surface area contributed by atoms with E-state index >= 15 is 0 Å². The highest BCUT2D eigenvalue weighted by Crippen LogP contribution is 2.30. The first kappa shape index (κ1) is 14.0. The summed E-state index contributed by atoms with van der Waals surface area (Å²) in [4.78, 5) is 13.5. The van der Waals surface area contributed by atoms with Crippen LogP contribution in [0.25, 0.3) is 0 Å². The number of furan rings is 1. The maximum atomic E-state index is 11.5. The molecular weight excluding hydrogens is 246 g/mol.